The van der Waals surface area contributed by atoms with Crippen molar-refractivity contribution in [1.82, 2.24) is 0 Å². The van der Waals surface area contributed by atoms with Crippen LogP contribution in [0.5, 0.6) is 0 Å². The Balaban J connectivity index is 2.91. The van der Waals surface area contributed by atoms with Crippen LogP contribution in [0.15, 0.2) is 18.2 Å². The number of hydrogen-bond donors (Lipinski definition) is 1. The van der Waals surface area contributed by atoms with Gasteiger partial charge in [0.15, 0.2) is 0 Å². The van der Waals surface area contributed by atoms with Crippen molar-refractivity contribution in [1.29, 1.82) is 0 Å². The summed E-state index contributed by atoms with van der Waals surface area (Å²) in [6.07, 6.45) is -4.18. The lowest BCUT2D eigenvalue weighted by atomic mass is 10.0. The molecule has 1 aromatic rings. The Morgan fingerprint density at radius 1 is 1.38 bits per heavy atom. The van der Waals surface area contributed by atoms with E-state index in [0.717, 1.165) is 12.1 Å². The summed E-state index contributed by atoms with van der Waals surface area (Å²) in [7, 11) is 0. The van der Waals surface area contributed by atoms with Gasteiger partial charge in [0.1, 0.15) is 0 Å². The summed E-state index contributed by atoms with van der Waals surface area (Å²) < 4.78 is 37.2. The van der Waals surface area contributed by atoms with Crippen LogP contribution in [0.2, 0.25) is 5.02 Å². The van der Waals surface area contributed by atoms with Crippen molar-refractivity contribution < 1.29 is 18.3 Å². The monoisotopic (exact) mass is 252 g/mol. The highest BCUT2D eigenvalue weighted by molar-refractivity contribution is 6.31. The molecule has 0 fully saturated rings. The zero-order chi connectivity index (χ0) is 12.3. The summed E-state index contributed by atoms with van der Waals surface area (Å²) >= 11 is 5.78. The van der Waals surface area contributed by atoms with E-state index in [1.165, 1.54) is 6.07 Å². The van der Waals surface area contributed by atoms with Gasteiger partial charge in [0.25, 0.3) is 0 Å². The van der Waals surface area contributed by atoms with Crippen molar-refractivity contribution >= 4 is 11.6 Å². The van der Waals surface area contributed by atoms with Crippen LogP contribution >= 0.6 is 11.6 Å². The van der Waals surface area contributed by atoms with Crippen LogP contribution in [0, 0.1) is 0 Å². The number of benzene rings is 1. The maximum Gasteiger partial charge on any atom is 0.416 e. The molecule has 1 N–H and O–H groups in total. The lowest BCUT2D eigenvalue weighted by Gasteiger charge is -2.11. The minimum Gasteiger partial charge on any atom is -0.393 e. The summed E-state index contributed by atoms with van der Waals surface area (Å²) in [6, 6.07) is 3.22. The maximum atomic E-state index is 12.4. The second kappa shape index (κ2) is 5.06. The molecule has 0 unspecified atom stereocenters. The van der Waals surface area contributed by atoms with Gasteiger partial charge in [-0.15, -0.1) is 0 Å². The van der Waals surface area contributed by atoms with E-state index in [4.69, 9.17) is 16.7 Å². The third-order valence-corrected chi connectivity index (χ3v) is 2.57. The fourth-order valence-corrected chi connectivity index (χ4v) is 1.52. The van der Waals surface area contributed by atoms with Crippen molar-refractivity contribution in [3.63, 3.8) is 0 Å². The molecular formula is C11H12ClF3O. The highest BCUT2D eigenvalue weighted by Crippen LogP contribution is 2.32. The van der Waals surface area contributed by atoms with Crippen LogP contribution in [0.4, 0.5) is 13.2 Å². The van der Waals surface area contributed by atoms with Gasteiger partial charge in [-0.1, -0.05) is 11.6 Å². The largest absolute Gasteiger partial charge is 0.416 e. The number of rotatable bonds is 3. The third-order valence-electron chi connectivity index (χ3n) is 2.20. The van der Waals surface area contributed by atoms with Crippen molar-refractivity contribution in [2.45, 2.75) is 32.0 Å². The molecule has 0 saturated carbocycles. The molecule has 0 amide bonds. The molecular weight excluding hydrogens is 241 g/mol. The number of aliphatic hydroxyl groups is 1. The van der Waals surface area contributed by atoms with Crippen molar-refractivity contribution in [3.8, 4) is 0 Å². The number of alkyl halides is 3. The predicted molar refractivity (Wildman–Crippen MR) is 56.5 cm³/mol. The van der Waals surface area contributed by atoms with Gasteiger partial charge in [-0.05, 0) is 43.5 Å². The molecule has 1 atom stereocenters. The van der Waals surface area contributed by atoms with Crippen LogP contribution in [-0.4, -0.2) is 11.2 Å². The predicted octanol–water partition coefficient (Wildman–Crippen LogP) is 3.67. The SMILES string of the molecule is C[C@@H](O)CCc1cc(C(F)(F)F)ccc1Cl. The fraction of sp³-hybridized carbons (Fsp3) is 0.455. The van der Waals surface area contributed by atoms with Crippen LogP contribution in [0.25, 0.3) is 0 Å². The molecule has 1 rings (SSSR count). The van der Waals surface area contributed by atoms with Crippen LogP contribution < -0.4 is 0 Å². The molecule has 1 aromatic carbocycles. The average molecular weight is 253 g/mol. The highest BCUT2D eigenvalue weighted by atomic mass is 35.5. The molecule has 0 spiro atoms. The molecule has 0 heterocycles. The molecule has 16 heavy (non-hydrogen) atoms. The Kier molecular flexibility index (Phi) is 4.21. The van der Waals surface area contributed by atoms with Gasteiger partial charge in [-0.2, -0.15) is 13.2 Å². The van der Waals surface area contributed by atoms with Gasteiger partial charge < -0.3 is 5.11 Å². The normalized spacial score (nSPS) is 13.9. The first-order valence-electron chi connectivity index (χ1n) is 4.84. The minimum absolute atomic E-state index is 0.300. The van der Waals surface area contributed by atoms with Crippen LogP contribution in [-0.2, 0) is 12.6 Å². The molecule has 0 aliphatic carbocycles. The van der Waals surface area contributed by atoms with Crippen LogP contribution in [0.3, 0.4) is 0 Å². The zero-order valence-corrected chi connectivity index (χ0v) is 9.44. The average Bonchev–Trinajstić information content (AvgIpc) is 2.14. The van der Waals surface area contributed by atoms with Crippen LogP contribution in [0.1, 0.15) is 24.5 Å². The Bertz CT molecular complexity index is 361. The molecule has 0 aliphatic rings. The summed E-state index contributed by atoms with van der Waals surface area (Å²) in [5.41, 5.74) is -0.296. The van der Waals surface area contributed by atoms with E-state index in [2.05, 4.69) is 0 Å². The third kappa shape index (κ3) is 3.68. The van der Waals surface area contributed by atoms with E-state index in [1.54, 1.807) is 6.92 Å². The van der Waals surface area contributed by atoms with Crippen molar-refractivity contribution in [3.05, 3.63) is 34.3 Å². The zero-order valence-electron chi connectivity index (χ0n) is 8.68. The van der Waals surface area contributed by atoms with Crippen molar-refractivity contribution in [2.24, 2.45) is 0 Å². The summed E-state index contributed by atoms with van der Waals surface area (Å²) in [5, 5.41) is 9.37. The lowest BCUT2D eigenvalue weighted by Crippen LogP contribution is -2.07. The van der Waals surface area contributed by atoms with E-state index in [-0.39, 0.29) is 0 Å². The second-order valence-electron chi connectivity index (χ2n) is 3.69. The van der Waals surface area contributed by atoms with E-state index >= 15 is 0 Å². The molecule has 0 saturated heterocycles. The molecule has 0 bridgehead atoms. The van der Waals surface area contributed by atoms with E-state index in [1.807, 2.05) is 0 Å². The molecule has 1 nitrogen and oxygen atoms in total. The number of aryl methyl sites for hydroxylation is 1. The summed E-state index contributed by atoms with van der Waals surface area (Å²) in [6.45, 7) is 1.58. The first kappa shape index (κ1) is 13.3. The van der Waals surface area contributed by atoms with Gasteiger partial charge in [0, 0.05) is 5.02 Å². The van der Waals surface area contributed by atoms with Gasteiger partial charge in [-0.25, -0.2) is 0 Å². The van der Waals surface area contributed by atoms with Gasteiger partial charge in [0.05, 0.1) is 11.7 Å². The first-order valence-corrected chi connectivity index (χ1v) is 5.22. The number of halogens is 4. The first-order chi connectivity index (χ1) is 7.30. The molecule has 0 aliphatic heterocycles. The molecule has 5 heteroatoms. The standard InChI is InChI=1S/C11H12ClF3O/c1-7(16)2-3-8-6-9(11(13,14)15)4-5-10(8)12/h4-7,16H,2-3H2,1H3/t7-/m1/s1. The highest BCUT2D eigenvalue weighted by Gasteiger charge is 2.30. The number of hydrogen-bond acceptors (Lipinski definition) is 1. The molecule has 0 radical (unpaired) electrons. The Labute approximate surface area is 96.9 Å². The van der Waals surface area contributed by atoms with Gasteiger partial charge >= 0.3 is 6.18 Å². The summed E-state index contributed by atoms with van der Waals surface area (Å²) in [4.78, 5) is 0. The Hall–Kier alpha value is -0.740. The number of aliphatic hydroxyl groups excluding tert-OH is 1. The quantitative estimate of drug-likeness (QED) is 0.870. The Morgan fingerprint density at radius 3 is 2.50 bits per heavy atom. The lowest BCUT2D eigenvalue weighted by molar-refractivity contribution is -0.137. The summed E-state index contributed by atoms with van der Waals surface area (Å²) in [5.74, 6) is 0. The topological polar surface area (TPSA) is 20.2 Å². The Morgan fingerprint density at radius 2 is 2.00 bits per heavy atom. The van der Waals surface area contributed by atoms with Gasteiger partial charge in [0.2, 0.25) is 0 Å². The van der Waals surface area contributed by atoms with E-state index in [0.29, 0.717) is 23.4 Å². The maximum absolute atomic E-state index is 12.4. The van der Waals surface area contributed by atoms with Crippen molar-refractivity contribution in [2.75, 3.05) is 0 Å². The molecule has 0 aromatic heterocycles. The minimum atomic E-state index is -4.36. The molecule has 90 valence electrons. The van der Waals surface area contributed by atoms with E-state index < -0.39 is 17.8 Å². The second-order valence-corrected chi connectivity index (χ2v) is 4.10. The fourth-order valence-electron chi connectivity index (χ4n) is 1.31. The van der Waals surface area contributed by atoms with Gasteiger partial charge in [-0.3, -0.25) is 0 Å². The van der Waals surface area contributed by atoms with E-state index in [9.17, 15) is 13.2 Å². The smallest absolute Gasteiger partial charge is 0.393 e.